The molecule has 5 rings (SSSR count). The van der Waals surface area contributed by atoms with Crippen LogP contribution >= 0.6 is 0 Å². The molecule has 1 aromatic carbocycles. The van der Waals surface area contributed by atoms with Gasteiger partial charge in [0.25, 0.3) is 0 Å². The zero-order chi connectivity index (χ0) is 21.9. The Balaban J connectivity index is 1.45. The number of aryl methyl sites for hydroxylation is 1. The van der Waals surface area contributed by atoms with E-state index in [0.717, 1.165) is 77.7 Å². The summed E-state index contributed by atoms with van der Waals surface area (Å²) >= 11 is 0. The van der Waals surface area contributed by atoms with Crippen molar-refractivity contribution in [1.82, 2.24) is 19.4 Å². The van der Waals surface area contributed by atoms with Crippen molar-refractivity contribution in [3.8, 4) is 11.3 Å². The molecule has 0 atom stereocenters. The van der Waals surface area contributed by atoms with Gasteiger partial charge in [0, 0.05) is 80.9 Å². The smallest absolute Gasteiger partial charge is 0.0795 e. The quantitative estimate of drug-likeness (QED) is 0.593. The molecule has 2 aromatic heterocycles. The lowest BCUT2D eigenvalue weighted by Crippen LogP contribution is -2.44. The maximum atomic E-state index is 5.55. The van der Waals surface area contributed by atoms with Crippen LogP contribution in [-0.2, 0) is 17.8 Å². The fourth-order valence-corrected chi connectivity index (χ4v) is 4.97. The number of piperazine rings is 1. The molecule has 0 unspecified atom stereocenters. The molecule has 0 amide bonds. The van der Waals surface area contributed by atoms with Gasteiger partial charge >= 0.3 is 0 Å². The summed E-state index contributed by atoms with van der Waals surface area (Å²) in [5.41, 5.74) is 6.27. The molecule has 2 fully saturated rings. The number of ether oxygens (including phenoxy) is 1. The summed E-state index contributed by atoms with van der Waals surface area (Å²) < 4.78 is 8.04. The van der Waals surface area contributed by atoms with E-state index in [4.69, 9.17) is 9.72 Å². The molecule has 2 aliphatic rings. The molecule has 0 radical (unpaired) electrons. The second-order valence-corrected chi connectivity index (χ2v) is 9.11. The molecule has 0 N–H and O–H groups in total. The van der Waals surface area contributed by atoms with Crippen LogP contribution in [0.3, 0.4) is 0 Å². The van der Waals surface area contributed by atoms with Crippen molar-refractivity contribution in [2.24, 2.45) is 0 Å². The normalized spacial score (nSPS) is 18.5. The Labute approximate surface area is 191 Å². The van der Waals surface area contributed by atoms with Crippen LogP contribution < -0.4 is 4.90 Å². The molecule has 0 saturated carbocycles. The van der Waals surface area contributed by atoms with Crippen LogP contribution in [0, 0.1) is 0 Å². The van der Waals surface area contributed by atoms with Crippen LogP contribution in [0.5, 0.6) is 0 Å². The third kappa shape index (κ3) is 4.40. The summed E-state index contributed by atoms with van der Waals surface area (Å²) in [5, 5.41) is 1.26. The molecule has 0 spiro atoms. The molecule has 0 bridgehead atoms. The largest absolute Gasteiger partial charge is 0.379 e. The number of nitrogens with zero attached hydrogens (tertiary/aromatic N) is 5. The van der Waals surface area contributed by atoms with Crippen LogP contribution in [0.4, 0.5) is 5.69 Å². The van der Waals surface area contributed by atoms with Crippen molar-refractivity contribution < 1.29 is 4.74 Å². The Kier molecular flexibility index (Phi) is 6.44. The minimum atomic E-state index is 0.834. The van der Waals surface area contributed by atoms with Crippen molar-refractivity contribution in [1.29, 1.82) is 0 Å². The van der Waals surface area contributed by atoms with Gasteiger partial charge in [0.2, 0.25) is 0 Å². The summed E-state index contributed by atoms with van der Waals surface area (Å²) in [5.74, 6) is 0. The predicted octanol–water partition coefficient (Wildman–Crippen LogP) is 3.70. The molecule has 3 aromatic rings. The number of benzene rings is 1. The van der Waals surface area contributed by atoms with Crippen LogP contribution in [0.25, 0.3) is 22.2 Å². The Hall–Kier alpha value is -2.41. The minimum Gasteiger partial charge on any atom is -0.379 e. The van der Waals surface area contributed by atoms with Gasteiger partial charge in [-0.25, -0.2) is 0 Å². The van der Waals surface area contributed by atoms with Crippen molar-refractivity contribution in [3.63, 3.8) is 0 Å². The predicted molar refractivity (Wildman–Crippen MR) is 131 cm³/mol. The van der Waals surface area contributed by atoms with E-state index < -0.39 is 0 Å². The highest BCUT2D eigenvalue weighted by Crippen LogP contribution is 2.31. The molecular formula is C26H35N5O. The highest BCUT2D eigenvalue weighted by atomic mass is 16.5. The molecule has 6 nitrogen and oxygen atoms in total. The highest BCUT2D eigenvalue weighted by molar-refractivity contribution is 5.94. The summed E-state index contributed by atoms with van der Waals surface area (Å²) in [6, 6.07) is 13.6. The van der Waals surface area contributed by atoms with Gasteiger partial charge in [0.05, 0.1) is 24.4 Å². The number of hydrogen-bond acceptors (Lipinski definition) is 5. The Morgan fingerprint density at radius 1 is 0.938 bits per heavy atom. The first-order valence-electron chi connectivity index (χ1n) is 12.0. The van der Waals surface area contributed by atoms with Crippen LogP contribution in [0.2, 0.25) is 0 Å². The topological polar surface area (TPSA) is 36.8 Å². The summed E-state index contributed by atoms with van der Waals surface area (Å²) in [7, 11) is 2.20. The monoisotopic (exact) mass is 433 g/mol. The second kappa shape index (κ2) is 9.61. The van der Waals surface area contributed by atoms with Gasteiger partial charge in [-0.1, -0.05) is 19.1 Å². The molecule has 4 heterocycles. The van der Waals surface area contributed by atoms with Gasteiger partial charge in [0.15, 0.2) is 0 Å². The number of likely N-dealkylation sites (N-methyl/N-ethyl adjacent to an activating group) is 1. The number of morpholine rings is 1. The van der Waals surface area contributed by atoms with Crippen molar-refractivity contribution in [2.75, 3.05) is 64.4 Å². The Morgan fingerprint density at radius 3 is 2.41 bits per heavy atom. The SMILES string of the molecule is CCCn1c(CN2CCOCC2)cc2c(-c3ccc(N4CCN(C)CC4)cc3)nccc21. The minimum absolute atomic E-state index is 0.834. The second-order valence-electron chi connectivity index (χ2n) is 9.11. The van der Waals surface area contributed by atoms with E-state index in [1.165, 1.54) is 27.8 Å². The molecular weight excluding hydrogens is 398 g/mol. The summed E-state index contributed by atoms with van der Waals surface area (Å²) in [6.07, 6.45) is 3.09. The van der Waals surface area contributed by atoms with Gasteiger partial charge in [-0.15, -0.1) is 0 Å². The standard InChI is InChI=1S/C26H35N5O/c1-3-10-31-23(20-29-15-17-32-18-16-29)19-24-25(31)8-9-27-26(24)21-4-6-22(7-5-21)30-13-11-28(2)12-14-30/h4-9,19H,3,10-18,20H2,1-2H3. The van der Waals surface area contributed by atoms with E-state index in [-0.39, 0.29) is 0 Å². The number of aromatic nitrogens is 2. The Morgan fingerprint density at radius 2 is 1.69 bits per heavy atom. The van der Waals surface area contributed by atoms with E-state index in [1.807, 2.05) is 6.20 Å². The first kappa shape index (κ1) is 21.4. The fraction of sp³-hybridized carbons (Fsp3) is 0.500. The number of pyridine rings is 1. The molecule has 6 heteroatoms. The number of fused-ring (bicyclic) bond motifs is 1. The van der Waals surface area contributed by atoms with Crippen molar-refractivity contribution in [3.05, 3.63) is 48.3 Å². The van der Waals surface area contributed by atoms with E-state index in [2.05, 4.69) is 69.6 Å². The Bertz CT molecular complexity index is 1030. The zero-order valence-corrected chi connectivity index (χ0v) is 19.5. The van der Waals surface area contributed by atoms with Crippen LogP contribution in [0.15, 0.2) is 42.6 Å². The van der Waals surface area contributed by atoms with Gasteiger partial charge in [-0.2, -0.15) is 0 Å². The summed E-state index contributed by atoms with van der Waals surface area (Å²) in [4.78, 5) is 12.2. The fourth-order valence-electron chi connectivity index (χ4n) is 4.97. The van der Waals surface area contributed by atoms with E-state index in [0.29, 0.717) is 0 Å². The van der Waals surface area contributed by atoms with Crippen LogP contribution in [-0.4, -0.2) is 78.9 Å². The van der Waals surface area contributed by atoms with Crippen molar-refractivity contribution in [2.45, 2.75) is 26.4 Å². The number of anilines is 1. The van der Waals surface area contributed by atoms with E-state index in [1.54, 1.807) is 0 Å². The van der Waals surface area contributed by atoms with Gasteiger partial charge in [0.1, 0.15) is 0 Å². The lowest BCUT2D eigenvalue weighted by atomic mass is 10.1. The number of rotatable bonds is 6. The van der Waals surface area contributed by atoms with Gasteiger partial charge in [-0.3, -0.25) is 9.88 Å². The van der Waals surface area contributed by atoms with Crippen molar-refractivity contribution >= 4 is 16.6 Å². The molecule has 32 heavy (non-hydrogen) atoms. The third-order valence-corrected chi connectivity index (χ3v) is 6.86. The maximum Gasteiger partial charge on any atom is 0.0795 e. The third-order valence-electron chi connectivity index (χ3n) is 6.86. The molecule has 170 valence electrons. The van der Waals surface area contributed by atoms with E-state index >= 15 is 0 Å². The highest BCUT2D eigenvalue weighted by Gasteiger charge is 2.18. The average molecular weight is 434 g/mol. The lowest BCUT2D eigenvalue weighted by molar-refractivity contribution is 0.0332. The molecule has 2 aliphatic heterocycles. The van der Waals surface area contributed by atoms with E-state index in [9.17, 15) is 0 Å². The van der Waals surface area contributed by atoms with Gasteiger partial charge < -0.3 is 19.1 Å². The molecule has 2 saturated heterocycles. The maximum absolute atomic E-state index is 5.55. The zero-order valence-electron chi connectivity index (χ0n) is 19.5. The average Bonchev–Trinajstić information content (AvgIpc) is 3.18. The van der Waals surface area contributed by atoms with Gasteiger partial charge in [-0.05, 0) is 37.7 Å². The first-order chi connectivity index (χ1) is 15.7. The molecule has 0 aliphatic carbocycles. The first-order valence-corrected chi connectivity index (χ1v) is 12.0. The number of hydrogen-bond donors (Lipinski definition) is 0. The lowest BCUT2D eigenvalue weighted by Gasteiger charge is -2.34. The summed E-state index contributed by atoms with van der Waals surface area (Å²) in [6.45, 7) is 12.4. The van der Waals surface area contributed by atoms with Crippen LogP contribution in [0.1, 0.15) is 19.0 Å².